The van der Waals surface area contributed by atoms with Gasteiger partial charge in [-0.25, -0.2) is 4.39 Å². The molecular weight excluding hydrogens is 215 g/mol. The van der Waals surface area contributed by atoms with Gasteiger partial charge in [0.05, 0.1) is 0 Å². The standard InChI is InChI=1S/C14H17FN2/c15-12-4-5-14-13(8-12)11(9-16-14)10-17-6-2-1-3-7-17/h4-5,8-9,16H,1-3,6-7,10H2. The second kappa shape index (κ2) is 4.49. The average Bonchev–Trinajstić information content (AvgIpc) is 2.73. The SMILES string of the molecule is Fc1ccc2[nH]cc(CN3CCCCC3)c2c1. The third-order valence-electron chi connectivity index (χ3n) is 3.57. The molecule has 1 aromatic heterocycles. The molecule has 0 atom stereocenters. The number of aromatic amines is 1. The summed E-state index contributed by atoms with van der Waals surface area (Å²) in [6.45, 7) is 3.27. The van der Waals surface area contributed by atoms with Crippen LogP contribution in [0.5, 0.6) is 0 Å². The molecule has 0 aliphatic carbocycles. The van der Waals surface area contributed by atoms with Crippen molar-refractivity contribution in [3.8, 4) is 0 Å². The zero-order chi connectivity index (χ0) is 11.7. The molecule has 1 aliphatic rings. The Bertz CT molecular complexity index is 512. The molecule has 3 rings (SSSR count). The number of benzene rings is 1. The van der Waals surface area contributed by atoms with Crippen LogP contribution in [0.3, 0.4) is 0 Å². The van der Waals surface area contributed by atoms with Crippen LogP contribution < -0.4 is 0 Å². The van der Waals surface area contributed by atoms with E-state index in [2.05, 4.69) is 9.88 Å². The molecule has 0 unspecified atom stereocenters. The Morgan fingerprint density at radius 2 is 2.00 bits per heavy atom. The Morgan fingerprint density at radius 3 is 2.82 bits per heavy atom. The highest BCUT2D eigenvalue weighted by molar-refractivity contribution is 5.83. The van der Waals surface area contributed by atoms with Crippen LogP contribution in [0.1, 0.15) is 24.8 Å². The normalized spacial score (nSPS) is 17.7. The molecule has 2 aromatic rings. The molecule has 1 saturated heterocycles. The summed E-state index contributed by atoms with van der Waals surface area (Å²) in [6.07, 6.45) is 5.94. The van der Waals surface area contributed by atoms with Gasteiger partial charge < -0.3 is 4.98 Å². The fourth-order valence-corrected chi connectivity index (χ4v) is 2.64. The maximum Gasteiger partial charge on any atom is 0.123 e. The fourth-order valence-electron chi connectivity index (χ4n) is 2.64. The van der Waals surface area contributed by atoms with Gasteiger partial charge in [-0.15, -0.1) is 0 Å². The van der Waals surface area contributed by atoms with Gasteiger partial charge in [0.25, 0.3) is 0 Å². The van der Waals surface area contributed by atoms with Gasteiger partial charge in [0.2, 0.25) is 0 Å². The molecule has 17 heavy (non-hydrogen) atoms. The lowest BCUT2D eigenvalue weighted by atomic mass is 10.1. The lowest BCUT2D eigenvalue weighted by Crippen LogP contribution is -2.28. The van der Waals surface area contributed by atoms with E-state index in [0.29, 0.717) is 0 Å². The van der Waals surface area contributed by atoms with Gasteiger partial charge in [-0.1, -0.05) is 6.42 Å². The molecule has 0 radical (unpaired) electrons. The quantitative estimate of drug-likeness (QED) is 0.841. The van der Waals surface area contributed by atoms with Crippen molar-refractivity contribution in [3.63, 3.8) is 0 Å². The largest absolute Gasteiger partial charge is 0.361 e. The Labute approximate surface area is 100 Å². The summed E-state index contributed by atoms with van der Waals surface area (Å²) < 4.78 is 13.2. The Balaban J connectivity index is 1.86. The maximum absolute atomic E-state index is 13.2. The minimum Gasteiger partial charge on any atom is -0.361 e. The van der Waals surface area contributed by atoms with Crippen LogP contribution in [-0.4, -0.2) is 23.0 Å². The number of nitrogens with one attached hydrogen (secondary N) is 1. The number of fused-ring (bicyclic) bond motifs is 1. The van der Waals surface area contributed by atoms with Gasteiger partial charge in [0, 0.05) is 23.6 Å². The second-order valence-corrected chi connectivity index (χ2v) is 4.84. The van der Waals surface area contributed by atoms with Crippen LogP contribution in [0.15, 0.2) is 24.4 Å². The number of aromatic nitrogens is 1. The zero-order valence-electron chi connectivity index (χ0n) is 9.88. The first-order valence-corrected chi connectivity index (χ1v) is 6.31. The molecule has 90 valence electrons. The molecule has 2 heterocycles. The van der Waals surface area contributed by atoms with Crippen LogP contribution in [-0.2, 0) is 6.54 Å². The van der Waals surface area contributed by atoms with E-state index in [1.54, 1.807) is 6.07 Å². The number of H-pyrrole nitrogens is 1. The molecule has 1 aliphatic heterocycles. The highest BCUT2D eigenvalue weighted by atomic mass is 19.1. The van der Waals surface area contributed by atoms with E-state index in [1.807, 2.05) is 12.3 Å². The first kappa shape index (κ1) is 10.8. The molecule has 1 fully saturated rings. The molecule has 2 nitrogen and oxygen atoms in total. The molecule has 3 heteroatoms. The minimum absolute atomic E-state index is 0.156. The molecule has 0 saturated carbocycles. The molecule has 1 N–H and O–H groups in total. The van der Waals surface area contributed by atoms with Crippen LogP contribution in [0.25, 0.3) is 10.9 Å². The van der Waals surface area contributed by atoms with E-state index in [4.69, 9.17) is 0 Å². The van der Waals surface area contributed by atoms with Crippen molar-refractivity contribution >= 4 is 10.9 Å². The summed E-state index contributed by atoms with van der Waals surface area (Å²) in [7, 11) is 0. The van der Waals surface area contributed by atoms with Crippen molar-refractivity contribution in [2.24, 2.45) is 0 Å². The summed E-state index contributed by atoms with van der Waals surface area (Å²) in [5.74, 6) is -0.156. The summed E-state index contributed by atoms with van der Waals surface area (Å²) in [6, 6.07) is 4.94. The predicted octanol–water partition coefficient (Wildman–Crippen LogP) is 3.29. The van der Waals surface area contributed by atoms with E-state index < -0.39 is 0 Å². The van der Waals surface area contributed by atoms with Gasteiger partial charge in [-0.3, -0.25) is 4.90 Å². The molecule has 1 aromatic carbocycles. The van der Waals surface area contributed by atoms with Gasteiger partial charge in [-0.2, -0.15) is 0 Å². The second-order valence-electron chi connectivity index (χ2n) is 4.84. The number of likely N-dealkylation sites (tertiary alicyclic amines) is 1. The van der Waals surface area contributed by atoms with E-state index in [0.717, 1.165) is 17.4 Å². The summed E-state index contributed by atoms with van der Waals surface area (Å²) in [5.41, 5.74) is 2.24. The molecule has 0 bridgehead atoms. The highest BCUT2D eigenvalue weighted by Gasteiger charge is 2.13. The smallest absolute Gasteiger partial charge is 0.123 e. The number of halogens is 1. The predicted molar refractivity (Wildman–Crippen MR) is 67.4 cm³/mol. The van der Waals surface area contributed by atoms with E-state index in [1.165, 1.54) is 44.0 Å². The van der Waals surface area contributed by atoms with Crippen molar-refractivity contribution in [3.05, 3.63) is 35.8 Å². The van der Waals surface area contributed by atoms with Crippen LogP contribution in [0, 0.1) is 5.82 Å². The third-order valence-corrected chi connectivity index (χ3v) is 3.57. The van der Waals surface area contributed by atoms with Crippen molar-refractivity contribution in [1.29, 1.82) is 0 Å². The van der Waals surface area contributed by atoms with Crippen molar-refractivity contribution in [2.75, 3.05) is 13.1 Å². The summed E-state index contributed by atoms with van der Waals surface area (Å²) in [4.78, 5) is 5.67. The monoisotopic (exact) mass is 232 g/mol. The lowest BCUT2D eigenvalue weighted by Gasteiger charge is -2.26. The van der Waals surface area contributed by atoms with Gasteiger partial charge in [0.1, 0.15) is 5.82 Å². The first-order valence-electron chi connectivity index (χ1n) is 6.31. The van der Waals surface area contributed by atoms with Crippen LogP contribution in [0.2, 0.25) is 0 Å². The van der Waals surface area contributed by atoms with E-state index in [-0.39, 0.29) is 5.82 Å². The van der Waals surface area contributed by atoms with Crippen molar-refractivity contribution in [2.45, 2.75) is 25.8 Å². The molecule has 0 spiro atoms. The van der Waals surface area contributed by atoms with Gasteiger partial charge in [0.15, 0.2) is 0 Å². The number of nitrogens with zero attached hydrogens (tertiary/aromatic N) is 1. The summed E-state index contributed by atoms with van der Waals surface area (Å²) in [5, 5.41) is 1.02. The fraction of sp³-hybridized carbons (Fsp3) is 0.429. The zero-order valence-corrected chi connectivity index (χ0v) is 9.88. The average molecular weight is 232 g/mol. The number of rotatable bonds is 2. The Hall–Kier alpha value is -1.35. The van der Waals surface area contributed by atoms with Crippen LogP contribution in [0.4, 0.5) is 4.39 Å². The van der Waals surface area contributed by atoms with Gasteiger partial charge in [-0.05, 0) is 49.7 Å². The Kier molecular flexibility index (Phi) is 2.85. The Morgan fingerprint density at radius 1 is 1.18 bits per heavy atom. The highest BCUT2D eigenvalue weighted by Crippen LogP contribution is 2.22. The first-order chi connectivity index (χ1) is 8.33. The van der Waals surface area contributed by atoms with Gasteiger partial charge >= 0.3 is 0 Å². The number of hydrogen-bond donors (Lipinski definition) is 1. The lowest BCUT2D eigenvalue weighted by molar-refractivity contribution is 0.221. The number of hydrogen-bond acceptors (Lipinski definition) is 1. The summed E-state index contributed by atoms with van der Waals surface area (Å²) >= 11 is 0. The topological polar surface area (TPSA) is 19.0 Å². The number of piperidine rings is 1. The van der Waals surface area contributed by atoms with Crippen LogP contribution >= 0.6 is 0 Å². The molecule has 0 amide bonds. The minimum atomic E-state index is -0.156. The maximum atomic E-state index is 13.2. The van der Waals surface area contributed by atoms with E-state index in [9.17, 15) is 4.39 Å². The van der Waals surface area contributed by atoms with Crippen molar-refractivity contribution in [1.82, 2.24) is 9.88 Å². The molecular formula is C14H17FN2. The third kappa shape index (κ3) is 2.20. The van der Waals surface area contributed by atoms with Crippen molar-refractivity contribution < 1.29 is 4.39 Å². The van der Waals surface area contributed by atoms with E-state index >= 15 is 0 Å².